The summed E-state index contributed by atoms with van der Waals surface area (Å²) in [6, 6.07) is 9.66. The fourth-order valence-corrected chi connectivity index (χ4v) is 3.62. The molecule has 3 heterocycles. The number of hydrogen-bond donors (Lipinski definition) is 0. The van der Waals surface area contributed by atoms with Gasteiger partial charge in [0.2, 0.25) is 0 Å². The lowest BCUT2D eigenvalue weighted by atomic mass is 10.1. The van der Waals surface area contributed by atoms with E-state index in [2.05, 4.69) is 10.1 Å². The first-order chi connectivity index (χ1) is 14.0. The van der Waals surface area contributed by atoms with E-state index < -0.39 is 0 Å². The highest BCUT2D eigenvalue weighted by atomic mass is 16.2. The number of allylic oxidation sites excluding steroid dienone is 2. The molecule has 0 spiro atoms. The van der Waals surface area contributed by atoms with Gasteiger partial charge in [-0.3, -0.25) is 9.67 Å². The normalized spacial score (nSPS) is 13.6. The standard InChI is InChI=1S/C21H24N6O2/c1-4-10-25-20(28)27(21(29)26(25)12-17-8-6-5-7-9-17)18-11-22-24(13-18)14-19-15(2)23-16(19)3/h5-9,11,13H,4,10,12,14H2,1-3H3. The van der Waals surface area contributed by atoms with E-state index in [1.165, 1.54) is 13.9 Å². The molecule has 0 amide bonds. The Morgan fingerprint density at radius 3 is 2.34 bits per heavy atom. The quantitative estimate of drug-likeness (QED) is 0.618. The molecule has 2 aromatic heterocycles. The van der Waals surface area contributed by atoms with Gasteiger partial charge in [-0.05, 0) is 25.8 Å². The monoisotopic (exact) mass is 392 g/mol. The largest absolute Gasteiger partial charge is 0.352 e. The van der Waals surface area contributed by atoms with Crippen LogP contribution >= 0.6 is 0 Å². The maximum Gasteiger partial charge on any atom is 0.352 e. The number of rotatable bonds is 7. The zero-order valence-corrected chi connectivity index (χ0v) is 16.9. The van der Waals surface area contributed by atoms with Gasteiger partial charge in [-0.2, -0.15) is 5.10 Å². The molecule has 150 valence electrons. The van der Waals surface area contributed by atoms with Crippen LogP contribution in [0.2, 0.25) is 0 Å². The molecule has 0 N–H and O–H groups in total. The molecule has 0 radical (unpaired) electrons. The minimum atomic E-state index is -0.358. The van der Waals surface area contributed by atoms with E-state index in [-0.39, 0.29) is 11.4 Å². The van der Waals surface area contributed by atoms with Gasteiger partial charge in [0.05, 0.1) is 25.0 Å². The van der Waals surface area contributed by atoms with Gasteiger partial charge < -0.3 is 0 Å². The van der Waals surface area contributed by atoms with Crippen LogP contribution in [0.15, 0.2) is 68.6 Å². The third-order valence-corrected chi connectivity index (χ3v) is 5.13. The van der Waals surface area contributed by atoms with Crippen molar-refractivity contribution >= 4 is 5.71 Å². The van der Waals surface area contributed by atoms with Crippen molar-refractivity contribution in [2.75, 3.05) is 0 Å². The number of benzene rings is 1. The fraction of sp³-hybridized carbons (Fsp3) is 0.333. The molecule has 1 aliphatic rings. The maximum atomic E-state index is 13.1. The van der Waals surface area contributed by atoms with Gasteiger partial charge in [0.15, 0.2) is 0 Å². The summed E-state index contributed by atoms with van der Waals surface area (Å²) in [5.41, 5.74) is 3.87. The van der Waals surface area contributed by atoms with Crippen molar-refractivity contribution < 1.29 is 0 Å². The Morgan fingerprint density at radius 1 is 0.966 bits per heavy atom. The molecule has 0 aliphatic carbocycles. The summed E-state index contributed by atoms with van der Waals surface area (Å²) >= 11 is 0. The van der Waals surface area contributed by atoms with Crippen LogP contribution in [0.25, 0.3) is 5.69 Å². The van der Waals surface area contributed by atoms with Crippen LogP contribution in [0.5, 0.6) is 0 Å². The topological polar surface area (TPSA) is 79.1 Å². The second-order valence-electron chi connectivity index (χ2n) is 7.22. The Balaban J connectivity index is 1.71. The second-order valence-corrected chi connectivity index (χ2v) is 7.22. The Labute approximate surface area is 168 Å². The summed E-state index contributed by atoms with van der Waals surface area (Å²) in [5, 5.41) is 4.34. The summed E-state index contributed by atoms with van der Waals surface area (Å²) in [6.45, 7) is 7.30. The predicted octanol–water partition coefficient (Wildman–Crippen LogP) is 2.20. The molecular weight excluding hydrogens is 368 g/mol. The van der Waals surface area contributed by atoms with Gasteiger partial charge in [0.1, 0.15) is 0 Å². The molecule has 0 saturated carbocycles. The summed E-state index contributed by atoms with van der Waals surface area (Å²) in [5.74, 6) is 0. The highest BCUT2D eigenvalue weighted by molar-refractivity contribution is 6.04. The van der Waals surface area contributed by atoms with E-state index in [4.69, 9.17) is 0 Å². The molecule has 0 bridgehead atoms. The average Bonchev–Trinajstić information content (AvgIpc) is 3.26. The Hall–Kier alpha value is -3.42. The molecule has 0 fully saturated rings. The van der Waals surface area contributed by atoms with Crippen LogP contribution in [-0.2, 0) is 19.6 Å². The number of hydrogen-bond acceptors (Lipinski definition) is 4. The van der Waals surface area contributed by atoms with Crippen molar-refractivity contribution in [3.63, 3.8) is 0 Å². The lowest BCUT2D eigenvalue weighted by Crippen LogP contribution is -2.27. The molecule has 1 aromatic carbocycles. The van der Waals surface area contributed by atoms with Crippen LogP contribution in [0.4, 0.5) is 0 Å². The van der Waals surface area contributed by atoms with Crippen LogP contribution in [0.3, 0.4) is 0 Å². The van der Waals surface area contributed by atoms with Gasteiger partial charge in [0.25, 0.3) is 0 Å². The number of aromatic nitrogens is 5. The number of aliphatic imine (C=N–C) groups is 1. The lowest BCUT2D eigenvalue weighted by Gasteiger charge is -2.17. The van der Waals surface area contributed by atoms with Crippen molar-refractivity contribution in [1.29, 1.82) is 0 Å². The minimum Gasteiger partial charge on any atom is -0.266 e. The van der Waals surface area contributed by atoms with Crippen molar-refractivity contribution in [1.82, 2.24) is 23.7 Å². The summed E-state index contributed by atoms with van der Waals surface area (Å²) < 4.78 is 5.96. The highest BCUT2D eigenvalue weighted by Gasteiger charge is 2.20. The lowest BCUT2D eigenvalue weighted by molar-refractivity contribution is 0.454. The van der Waals surface area contributed by atoms with Crippen molar-refractivity contribution in [3.8, 4) is 5.69 Å². The molecule has 1 aliphatic heterocycles. The van der Waals surface area contributed by atoms with E-state index in [0.29, 0.717) is 25.3 Å². The molecule has 0 atom stereocenters. The van der Waals surface area contributed by atoms with E-state index >= 15 is 0 Å². The van der Waals surface area contributed by atoms with E-state index in [1.807, 2.05) is 51.1 Å². The highest BCUT2D eigenvalue weighted by Crippen LogP contribution is 2.20. The third kappa shape index (κ3) is 3.41. The van der Waals surface area contributed by atoms with Crippen molar-refractivity contribution in [3.05, 3.63) is 80.5 Å². The SMILES string of the molecule is CCCn1c(=O)n(-c2cnn(CC3=C(C)N=C3C)c2)c(=O)n1Cc1ccccc1. The van der Waals surface area contributed by atoms with Crippen molar-refractivity contribution in [2.24, 2.45) is 4.99 Å². The minimum absolute atomic E-state index is 0.343. The van der Waals surface area contributed by atoms with Crippen LogP contribution < -0.4 is 11.4 Å². The third-order valence-electron chi connectivity index (χ3n) is 5.13. The van der Waals surface area contributed by atoms with Gasteiger partial charge in [-0.1, -0.05) is 37.3 Å². The summed E-state index contributed by atoms with van der Waals surface area (Å²) in [4.78, 5) is 30.5. The summed E-state index contributed by atoms with van der Waals surface area (Å²) in [6.07, 6.45) is 4.05. The average molecular weight is 392 g/mol. The van der Waals surface area contributed by atoms with Crippen LogP contribution in [-0.4, -0.2) is 29.4 Å². The summed E-state index contributed by atoms with van der Waals surface area (Å²) in [7, 11) is 0. The molecular formula is C21H24N6O2. The molecule has 8 nitrogen and oxygen atoms in total. The predicted molar refractivity (Wildman–Crippen MR) is 112 cm³/mol. The smallest absolute Gasteiger partial charge is 0.266 e. The molecule has 29 heavy (non-hydrogen) atoms. The second kappa shape index (κ2) is 7.54. The first-order valence-electron chi connectivity index (χ1n) is 9.74. The Bertz CT molecular complexity index is 1220. The maximum absolute atomic E-state index is 13.1. The number of nitrogens with zero attached hydrogens (tertiary/aromatic N) is 6. The fourth-order valence-electron chi connectivity index (χ4n) is 3.62. The van der Waals surface area contributed by atoms with E-state index in [1.54, 1.807) is 17.1 Å². The first kappa shape index (κ1) is 18.9. The van der Waals surface area contributed by atoms with Gasteiger partial charge in [0, 0.05) is 29.7 Å². The molecule has 0 saturated heterocycles. The van der Waals surface area contributed by atoms with Crippen molar-refractivity contribution in [2.45, 2.75) is 46.8 Å². The molecule has 0 unspecified atom stereocenters. The Morgan fingerprint density at radius 2 is 1.69 bits per heavy atom. The first-order valence-corrected chi connectivity index (χ1v) is 9.74. The zero-order valence-electron chi connectivity index (χ0n) is 16.9. The molecule has 3 aromatic rings. The van der Waals surface area contributed by atoms with Crippen LogP contribution in [0.1, 0.15) is 32.8 Å². The van der Waals surface area contributed by atoms with Gasteiger partial charge in [-0.15, -0.1) is 0 Å². The zero-order chi connectivity index (χ0) is 20.5. The van der Waals surface area contributed by atoms with Gasteiger partial charge in [-0.25, -0.2) is 23.5 Å². The van der Waals surface area contributed by atoms with Gasteiger partial charge >= 0.3 is 11.4 Å². The van der Waals surface area contributed by atoms with E-state index in [9.17, 15) is 9.59 Å². The molecule has 8 heteroatoms. The van der Waals surface area contributed by atoms with Crippen LogP contribution in [0, 0.1) is 0 Å². The molecule has 4 rings (SSSR count). The Kier molecular flexibility index (Phi) is 4.92. The van der Waals surface area contributed by atoms with E-state index in [0.717, 1.165) is 29.0 Å².